The van der Waals surface area contributed by atoms with Crippen molar-refractivity contribution >= 4 is 5.97 Å². The summed E-state index contributed by atoms with van der Waals surface area (Å²) in [5.74, 6) is -0.593. The third kappa shape index (κ3) is 1.62. The zero-order valence-corrected chi connectivity index (χ0v) is 8.03. The molecule has 0 amide bonds. The third-order valence-corrected chi connectivity index (χ3v) is 1.94. The fourth-order valence-electron chi connectivity index (χ4n) is 1.25. The van der Waals surface area contributed by atoms with Crippen molar-refractivity contribution in [2.24, 2.45) is 0 Å². The van der Waals surface area contributed by atoms with Gasteiger partial charge in [0, 0.05) is 12.4 Å². The Hall–Kier alpha value is -2.68. The summed E-state index contributed by atoms with van der Waals surface area (Å²) in [5.41, 5.74) is -0.0740. The van der Waals surface area contributed by atoms with Crippen LogP contribution in [-0.4, -0.2) is 25.6 Å². The Bertz CT molecular complexity index is 583. The van der Waals surface area contributed by atoms with E-state index in [1.54, 1.807) is 18.3 Å². The molecule has 2 aromatic rings. The fourth-order valence-corrected chi connectivity index (χ4v) is 1.25. The van der Waals surface area contributed by atoms with Crippen LogP contribution in [0.25, 0.3) is 5.82 Å². The molecule has 0 aromatic carbocycles. The normalized spacial score (nSPS) is 9.69. The maximum atomic E-state index is 10.7. The number of nitriles is 1. The van der Waals surface area contributed by atoms with Crippen LogP contribution in [0.5, 0.6) is 0 Å². The molecule has 0 unspecified atom stereocenters. The molecule has 0 saturated carbocycles. The second-order valence-corrected chi connectivity index (χ2v) is 2.92. The molecule has 0 bridgehead atoms. The molecule has 0 radical (unpaired) electrons. The molecule has 0 aliphatic rings. The highest BCUT2D eigenvalue weighted by molar-refractivity contribution is 5.85. The standard InChI is InChI=1S/C10H6N4O2/c11-6-9-12-4-5-14(9)8-3-1-2-7(13-8)10(15)16/h1-5H,(H,15,16). The van der Waals surface area contributed by atoms with Gasteiger partial charge in [0.15, 0.2) is 5.69 Å². The SMILES string of the molecule is N#Cc1nccn1-c1cccc(C(=O)O)n1. The number of hydrogen-bond acceptors (Lipinski definition) is 4. The van der Waals surface area contributed by atoms with E-state index in [9.17, 15) is 4.79 Å². The first-order chi connectivity index (χ1) is 7.72. The number of carboxylic acid groups (broad SMARTS) is 1. The zero-order valence-electron chi connectivity index (χ0n) is 8.03. The molecule has 2 aromatic heterocycles. The average Bonchev–Trinajstić information content (AvgIpc) is 2.77. The summed E-state index contributed by atoms with van der Waals surface area (Å²) >= 11 is 0. The van der Waals surface area contributed by atoms with Crippen LogP contribution in [-0.2, 0) is 0 Å². The second-order valence-electron chi connectivity index (χ2n) is 2.92. The van der Waals surface area contributed by atoms with Crippen LogP contribution in [0.15, 0.2) is 30.6 Å². The van der Waals surface area contributed by atoms with Crippen LogP contribution in [0.3, 0.4) is 0 Å². The summed E-state index contributed by atoms with van der Waals surface area (Å²) in [6.07, 6.45) is 3.00. The molecule has 0 spiro atoms. The van der Waals surface area contributed by atoms with E-state index in [1.165, 1.54) is 16.8 Å². The monoisotopic (exact) mass is 214 g/mol. The lowest BCUT2D eigenvalue weighted by Crippen LogP contribution is -2.05. The minimum Gasteiger partial charge on any atom is -0.477 e. The van der Waals surface area contributed by atoms with Crippen LogP contribution in [0, 0.1) is 11.3 Å². The Morgan fingerprint density at radius 1 is 1.50 bits per heavy atom. The van der Waals surface area contributed by atoms with Gasteiger partial charge in [-0.2, -0.15) is 5.26 Å². The number of carboxylic acids is 1. The van der Waals surface area contributed by atoms with Gasteiger partial charge in [-0.15, -0.1) is 0 Å². The Morgan fingerprint density at radius 3 is 3.00 bits per heavy atom. The fraction of sp³-hybridized carbons (Fsp3) is 0. The first-order valence-electron chi connectivity index (χ1n) is 4.36. The summed E-state index contributed by atoms with van der Waals surface area (Å²) in [5, 5.41) is 17.6. The van der Waals surface area contributed by atoms with Crippen molar-refractivity contribution in [2.75, 3.05) is 0 Å². The minimum atomic E-state index is -1.11. The van der Waals surface area contributed by atoms with Gasteiger partial charge in [0.2, 0.25) is 5.82 Å². The lowest BCUT2D eigenvalue weighted by Gasteiger charge is -2.02. The number of nitrogens with zero attached hydrogens (tertiary/aromatic N) is 4. The molecule has 0 atom stereocenters. The number of carbonyl (C=O) groups is 1. The van der Waals surface area contributed by atoms with Crippen LogP contribution >= 0.6 is 0 Å². The van der Waals surface area contributed by atoms with Crippen molar-refractivity contribution in [2.45, 2.75) is 0 Å². The van der Waals surface area contributed by atoms with Crippen molar-refractivity contribution < 1.29 is 9.90 Å². The molecule has 0 aliphatic carbocycles. The Kier molecular flexibility index (Phi) is 2.36. The Labute approximate surface area is 90.4 Å². The van der Waals surface area contributed by atoms with E-state index < -0.39 is 5.97 Å². The first kappa shape index (κ1) is 9.86. The van der Waals surface area contributed by atoms with Crippen LogP contribution < -0.4 is 0 Å². The van der Waals surface area contributed by atoms with E-state index in [0.717, 1.165) is 0 Å². The summed E-state index contributed by atoms with van der Waals surface area (Å²) in [7, 11) is 0. The van der Waals surface area contributed by atoms with Crippen LogP contribution in [0.1, 0.15) is 16.3 Å². The molecule has 6 nitrogen and oxygen atoms in total. The number of rotatable bonds is 2. The van der Waals surface area contributed by atoms with Gasteiger partial charge in [-0.3, -0.25) is 4.57 Å². The Morgan fingerprint density at radius 2 is 2.31 bits per heavy atom. The summed E-state index contributed by atoms with van der Waals surface area (Å²) in [6, 6.07) is 6.44. The first-order valence-corrected chi connectivity index (χ1v) is 4.36. The highest BCUT2D eigenvalue weighted by Crippen LogP contribution is 2.08. The van der Waals surface area contributed by atoms with Gasteiger partial charge in [0.25, 0.3) is 0 Å². The highest BCUT2D eigenvalue weighted by atomic mass is 16.4. The van der Waals surface area contributed by atoms with Gasteiger partial charge >= 0.3 is 5.97 Å². The number of aromatic carboxylic acids is 1. The summed E-state index contributed by atoms with van der Waals surface area (Å²) in [4.78, 5) is 18.4. The molecule has 16 heavy (non-hydrogen) atoms. The molecular weight excluding hydrogens is 208 g/mol. The molecule has 0 saturated heterocycles. The van der Waals surface area contributed by atoms with Gasteiger partial charge in [0.1, 0.15) is 11.9 Å². The molecule has 0 fully saturated rings. The minimum absolute atomic E-state index is 0.0740. The van der Waals surface area contributed by atoms with Crippen LogP contribution in [0.2, 0.25) is 0 Å². The van der Waals surface area contributed by atoms with Gasteiger partial charge in [0.05, 0.1) is 0 Å². The lowest BCUT2D eigenvalue weighted by molar-refractivity contribution is 0.0690. The molecule has 2 rings (SSSR count). The maximum Gasteiger partial charge on any atom is 0.354 e. The molecule has 2 heterocycles. The van der Waals surface area contributed by atoms with Crippen molar-refractivity contribution in [1.82, 2.24) is 14.5 Å². The number of imidazole rings is 1. The molecule has 6 heteroatoms. The number of aromatic nitrogens is 3. The van der Waals surface area contributed by atoms with Gasteiger partial charge in [-0.25, -0.2) is 14.8 Å². The van der Waals surface area contributed by atoms with Crippen molar-refractivity contribution in [1.29, 1.82) is 5.26 Å². The molecule has 0 aliphatic heterocycles. The van der Waals surface area contributed by atoms with E-state index in [0.29, 0.717) is 5.82 Å². The van der Waals surface area contributed by atoms with E-state index in [2.05, 4.69) is 9.97 Å². The van der Waals surface area contributed by atoms with Crippen molar-refractivity contribution in [3.05, 3.63) is 42.1 Å². The number of hydrogen-bond donors (Lipinski definition) is 1. The predicted octanol–water partition coefficient (Wildman–Crippen LogP) is 0.837. The third-order valence-electron chi connectivity index (χ3n) is 1.94. The summed E-state index contributed by atoms with van der Waals surface area (Å²) < 4.78 is 1.42. The molecular formula is C10H6N4O2. The van der Waals surface area contributed by atoms with Gasteiger partial charge < -0.3 is 5.11 Å². The largest absolute Gasteiger partial charge is 0.477 e. The lowest BCUT2D eigenvalue weighted by atomic mass is 10.3. The van der Waals surface area contributed by atoms with Crippen LogP contribution in [0.4, 0.5) is 0 Å². The van der Waals surface area contributed by atoms with E-state index >= 15 is 0 Å². The van der Waals surface area contributed by atoms with E-state index in [-0.39, 0.29) is 11.5 Å². The van der Waals surface area contributed by atoms with Crippen molar-refractivity contribution in [3.8, 4) is 11.9 Å². The van der Waals surface area contributed by atoms with Gasteiger partial charge in [-0.05, 0) is 12.1 Å². The average molecular weight is 214 g/mol. The Balaban J connectivity index is 2.53. The number of pyridine rings is 1. The smallest absolute Gasteiger partial charge is 0.354 e. The maximum absolute atomic E-state index is 10.7. The predicted molar refractivity (Wildman–Crippen MR) is 53.0 cm³/mol. The molecule has 78 valence electrons. The summed E-state index contributed by atoms with van der Waals surface area (Å²) in [6.45, 7) is 0. The van der Waals surface area contributed by atoms with E-state index in [4.69, 9.17) is 10.4 Å². The molecule has 1 N–H and O–H groups in total. The van der Waals surface area contributed by atoms with Crippen molar-refractivity contribution in [3.63, 3.8) is 0 Å². The van der Waals surface area contributed by atoms with Gasteiger partial charge in [-0.1, -0.05) is 6.07 Å². The van der Waals surface area contributed by atoms with E-state index in [1.807, 2.05) is 6.07 Å². The zero-order chi connectivity index (χ0) is 11.5. The second kappa shape index (κ2) is 3.82. The highest BCUT2D eigenvalue weighted by Gasteiger charge is 2.08. The quantitative estimate of drug-likeness (QED) is 0.799. The topological polar surface area (TPSA) is 91.8 Å².